The van der Waals surface area contributed by atoms with E-state index in [9.17, 15) is 0 Å². The zero-order valence-corrected chi connectivity index (χ0v) is 6.73. The van der Waals surface area contributed by atoms with Gasteiger partial charge in [-0.15, -0.1) is 0 Å². The first-order valence-electron chi connectivity index (χ1n) is 3.55. The lowest BCUT2D eigenvalue weighted by atomic mass is 10.1. The quantitative estimate of drug-likeness (QED) is 0.662. The first-order valence-corrected chi connectivity index (χ1v) is 4.49. The third-order valence-corrected chi connectivity index (χ3v) is 2.19. The number of hydrogen-bond donors (Lipinski definition) is 1. The molecule has 0 aliphatic heterocycles. The fourth-order valence-corrected chi connectivity index (χ4v) is 1.58. The van der Waals surface area contributed by atoms with Gasteiger partial charge in [0.15, 0.2) is 0 Å². The molecule has 0 atom stereocenters. The summed E-state index contributed by atoms with van der Waals surface area (Å²) in [6.45, 7) is 0.324. The van der Waals surface area contributed by atoms with Crippen molar-refractivity contribution in [3.63, 3.8) is 0 Å². The Morgan fingerprint density at radius 3 is 2.90 bits per heavy atom. The van der Waals surface area contributed by atoms with Crippen LogP contribution in [-0.4, -0.2) is 11.7 Å². The van der Waals surface area contributed by atoms with E-state index in [2.05, 4.69) is 16.8 Å². The lowest BCUT2D eigenvalue weighted by molar-refractivity contribution is 0.284. The van der Waals surface area contributed by atoms with E-state index in [-0.39, 0.29) is 0 Å². The van der Waals surface area contributed by atoms with Crippen LogP contribution < -0.4 is 0 Å². The average molecular weight is 156 g/mol. The summed E-state index contributed by atoms with van der Waals surface area (Å²) >= 11 is 1.74. The van der Waals surface area contributed by atoms with Crippen LogP contribution in [0.25, 0.3) is 0 Å². The molecule has 0 unspecified atom stereocenters. The van der Waals surface area contributed by atoms with Crippen LogP contribution in [0.1, 0.15) is 18.4 Å². The predicted octanol–water partition coefficient (Wildman–Crippen LogP) is 2.06. The predicted molar refractivity (Wildman–Crippen MR) is 44.3 cm³/mol. The maximum absolute atomic E-state index is 8.50. The van der Waals surface area contributed by atoms with Crippen molar-refractivity contribution in [2.75, 3.05) is 6.61 Å². The van der Waals surface area contributed by atoms with Crippen molar-refractivity contribution in [3.05, 3.63) is 22.4 Å². The van der Waals surface area contributed by atoms with Crippen molar-refractivity contribution in [1.82, 2.24) is 0 Å². The highest BCUT2D eigenvalue weighted by Gasteiger charge is 1.91. The maximum atomic E-state index is 8.50. The van der Waals surface area contributed by atoms with Crippen LogP contribution in [0.15, 0.2) is 16.8 Å². The minimum atomic E-state index is 0.324. The van der Waals surface area contributed by atoms with Crippen LogP contribution in [0.4, 0.5) is 0 Å². The molecule has 0 fully saturated rings. The van der Waals surface area contributed by atoms with E-state index in [4.69, 9.17) is 5.11 Å². The van der Waals surface area contributed by atoms with Crippen LogP contribution in [0.5, 0.6) is 0 Å². The number of unbranched alkanes of at least 4 members (excludes halogenated alkanes) is 1. The molecular weight excluding hydrogens is 144 g/mol. The SMILES string of the molecule is OCCCCc1ccsc1. The lowest BCUT2D eigenvalue weighted by Gasteiger charge is -1.93. The van der Waals surface area contributed by atoms with Gasteiger partial charge in [0.25, 0.3) is 0 Å². The van der Waals surface area contributed by atoms with Crippen molar-refractivity contribution in [1.29, 1.82) is 0 Å². The molecule has 56 valence electrons. The molecule has 0 radical (unpaired) electrons. The number of hydrogen-bond acceptors (Lipinski definition) is 2. The van der Waals surface area contributed by atoms with Gasteiger partial charge in [-0.1, -0.05) is 0 Å². The van der Waals surface area contributed by atoms with Crippen molar-refractivity contribution in [2.45, 2.75) is 19.3 Å². The molecule has 10 heavy (non-hydrogen) atoms. The monoisotopic (exact) mass is 156 g/mol. The molecule has 0 amide bonds. The summed E-state index contributed by atoms with van der Waals surface area (Å²) in [7, 11) is 0. The van der Waals surface area contributed by atoms with Gasteiger partial charge in [0.1, 0.15) is 0 Å². The van der Waals surface area contributed by atoms with Crippen LogP contribution in [0.2, 0.25) is 0 Å². The molecule has 0 spiro atoms. The van der Waals surface area contributed by atoms with Crippen LogP contribution in [0, 0.1) is 0 Å². The molecular formula is C8H12OS. The average Bonchev–Trinajstić information content (AvgIpc) is 2.41. The molecule has 0 aromatic carbocycles. The summed E-state index contributed by atoms with van der Waals surface area (Å²) in [5.41, 5.74) is 1.40. The van der Waals surface area contributed by atoms with Crippen LogP contribution in [0.3, 0.4) is 0 Å². The van der Waals surface area contributed by atoms with Gasteiger partial charge in [-0.2, -0.15) is 11.3 Å². The molecule has 2 heteroatoms. The highest BCUT2D eigenvalue weighted by atomic mass is 32.1. The standard InChI is InChI=1S/C8H12OS/c9-5-2-1-3-8-4-6-10-7-8/h4,6-7,9H,1-3,5H2. The normalized spacial score (nSPS) is 10.1. The molecule has 1 nitrogen and oxygen atoms in total. The summed E-state index contributed by atoms with van der Waals surface area (Å²) in [6, 6.07) is 2.14. The Kier molecular flexibility index (Phi) is 3.47. The Labute approximate surface area is 65.3 Å². The van der Waals surface area contributed by atoms with E-state index in [1.807, 2.05) is 0 Å². The second-order valence-electron chi connectivity index (χ2n) is 2.31. The smallest absolute Gasteiger partial charge is 0.0431 e. The molecule has 1 rings (SSSR count). The third kappa shape index (κ3) is 2.50. The second kappa shape index (κ2) is 4.47. The van der Waals surface area contributed by atoms with Crippen molar-refractivity contribution < 1.29 is 5.11 Å². The number of rotatable bonds is 4. The van der Waals surface area contributed by atoms with E-state index in [1.54, 1.807) is 11.3 Å². The molecule has 0 aliphatic carbocycles. The first kappa shape index (κ1) is 7.76. The minimum Gasteiger partial charge on any atom is -0.396 e. The Morgan fingerprint density at radius 2 is 2.30 bits per heavy atom. The fraction of sp³-hybridized carbons (Fsp3) is 0.500. The molecule has 1 aromatic rings. The zero-order chi connectivity index (χ0) is 7.23. The number of thiophene rings is 1. The Hall–Kier alpha value is -0.340. The van der Waals surface area contributed by atoms with Crippen molar-refractivity contribution in [2.24, 2.45) is 0 Å². The highest BCUT2D eigenvalue weighted by molar-refractivity contribution is 7.07. The Balaban J connectivity index is 2.15. The minimum absolute atomic E-state index is 0.324. The topological polar surface area (TPSA) is 20.2 Å². The first-order chi connectivity index (χ1) is 4.93. The largest absolute Gasteiger partial charge is 0.396 e. The van der Waals surface area contributed by atoms with Gasteiger partial charge < -0.3 is 5.11 Å². The second-order valence-corrected chi connectivity index (χ2v) is 3.09. The molecule has 1 heterocycles. The van der Waals surface area contributed by atoms with Gasteiger partial charge in [-0.3, -0.25) is 0 Å². The number of aliphatic hydroxyl groups is 1. The van der Waals surface area contributed by atoms with E-state index >= 15 is 0 Å². The Bertz CT molecular complexity index is 158. The Morgan fingerprint density at radius 1 is 1.40 bits per heavy atom. The lowest BCUT2D eigenvalue weighted by Crippen LogP contribution is -1.85. The van der Waals surface area contributed by atoms with E-state index < -0.39 is 0 Å². The summed E-state index contributed by atoms with van der Waals surface area (Å²) < 4.78 is 0. The molecule has 0 saturated carbocycles. The number of aliphatic hydroxyl groups excluding tert-OH is 1. The van der Waals surface area contributed by atoms with Crippen LogP contribution in [-0.2, 0) is 6.42 Å². The van der Waals surface area contributed by atoms with Gasteiger partial charge in [0, 0.05) is 6.61 Å². The highest BCUT2D eigenvalue weighted by Crippen LogP contribution is 2.08. The van der Waals surface area contributed by atoms with Crippen molar-refractivity contribution >= 4 is 11.3 Å². The summed E-state index contributed by atoms with van der Waals surface area (Å²) in [4.78, 5) is 0. The summed E-state index contributed by atoms with van der Waals surface area (Å²) in [5, 5.41) is 12.8. The van der Waals surface area contributed by atoms with E-state index in [0.29, 0.717) is 6.61 Å². The zero-order valence-electron chi connectivity index (χ0n) is 5.92. The van der Waals surface area contributed by atoms with Gasteiger partial charge in [0.2, 0.25) is 0 Å². The fourth-order valence-electron chi connectivity index (χ4n) is 0.876. The van der Waals surface area contributed by atoms with Crippen LogP contribution >= 0.6 is 11.3 Å². The summed E-state index contributed by atoms with van der Waals surface area (Å²) in [6.07, 6.45) is 3.15. The van der Waals surface area contributed by atoms with Gasteiger partial charge in [0.05, 0.1) is 0 Å². The number of aryl methyl sites for hydroxylation is 1. The van der Waals surface area contributed by atoms with Crippen molar-refractivity contribution in [3.8, 4) is 0 Å². The molecule has 0 saturated heterocycles. The van der Waals surface area contributed by atoms with E-state index in [1.165, 1.54) is 5.56 Å². The van der Waals surface area contributed by atoms with Gasteiger partial charge in [-0.05, 0) is 41.7 Å². The molecule has 1 N–H and O–H groups in total. The van der Waals surface area contributed by atoms with Gasteiger partial charge >= 0.3 is 0 Å². The molecule has 0 bridgehead atoms. The van der Waals surface area contributed by atoms with E-state index in [0.717, 1.165) is 19.3 Å². The van der Waals surface area contributed by atoms with Gasteiger partial charge in [-0.25, -0.2) is 0 Å². The maximum Gasteiger partial charge on any atom is 0.0431 e. The third-order valence-electron chi connectivity index (χ3n) is 1.45. The molecule has 1 aromatic heterocycles. The molecule has 0 aliphatic rings. The summed E-state index contributed by atoms with van der Waals surface area (Å²) in [5.74, 6) is 0.